The molecule has 0 saturated carbocycles. The number of nitrogens with zero attached hydrogens (tertiary/aromatic N) is 3. The minimum atomic E-state index is -0.206. The second-order valence-electron chi connectivity index (χ2n) is 11.1. The van der Waals surface area contributed by atoms with Crippen LogP contribution >= 0.6 is 11.8 Å². The van der Waals surface area contributed by atoms with Gasteiger partial charge in [-0.2, -0.15) is 0 Å². The highest BCUT2D eigenvalue weighted by molar-refractivity contribution is 8.00. The summed E-state index contributed by atoms with van der Waals surface area (Å²) in [5.41, 5.74) is 2.40. The molecule has 0 spiro atoms. The number of likely N-dealkylation sites (tertiary alicyclic amines) is 1. The van der Waals surface area contributed by atoms with Crippen LogP contribution in [0.1, 0.15) is 45.6 Å². The lowest BCUT2D eigenvalue weighted by molar-refractivity contribution is 0.0453. The average Bonchev–Trinajstić information content (AvgIpc) is 2.92. The van der Waals surface area contributed by atoms with Crippen molar-refractivity contribution in [2.75, 3.05) is 58.5 Å². The molecule has 2 aromatic rings. The molecule has 0 radical (unpaired) electrons. The van der Waals surface area contributed by atoms with Gasteiger partial charge in [0, 0.05) is 72.3 Å². The van der Waals surface area contributed by atoms with Crippen LogP contribution in [0.25, 0.3) is 0 Å². The van der Waals surface area contributed by atoms with E-state index in [9.17, 15) is 4.79 Å². The average molecular weight is 542 g/mol. The second kappa shape index (κ2) is 13.0. The first-order valence-electron chi connectivity index (χ1n) is 13.7. The third-order valence-electron chi connectivity index (χ3n) is 7.15. The van der Waals surface area contributed by atoms with Crippen molar-refractivity contribution in [1.82, 2.24) is 9.80 Å². The molecule has 38 heavy (non-hydrogen) atoms. The summed E-state index contributed by atoms with van der Waals surface area (Å²) in [4.78, 5) is 20.9. The number of carbonyl (C=O) groups excluding carboxylic acids is 1. The molecule has 2 heterocycles. The molecular formula is C30H43N3O4S. The molecule has 7 nitrogen and oxygen atoms in total. The van der Waals surface area contributed by atoms with Crippen molar-refractivity contribution >= 4 is 23.5 Å². The van der Waals surface area contributed by atoms with E-state index in [1.165, 1.54) is 23.3 Å². The van der Waals surface area contributed by atoms with E-state index < -0.39 is 0 Å². The van der Waals surface area contributed by atoms with E-state index in [2.05, 4.69) is 54.8 Å². The number of ether oxygens (including phenoxy) is 3. The number of rotatable bonds is 8. The molecule has 1 unspecified atom stereocenters. The molecule has 0 N–H and O–H groups in total. The second-order valence-corrected chi connectivity index (χ2v) is 12.9. The van der Waals surface area contributed by atoms with Crippen LogP contribution in [-0.2, 0) is 11.3 Å². The Hall–Kier alpha value is -2.58. The topological polar surface area (TPSA) is 54.5 Å². The predicted molar refractivity (Wildman–Crippen MR) is 155 cm³/mol. The Labute approximate surface area is 232 Å². The lowest BCUT2D eigenvalue weighted by Gasteiger charge is -2.38. The van der Waals surface area contributed by atoms with Gasteiger partial charge in [0.15, 0.2) is 0 Å². The number of carbonyl (C=O) groups is 1. The molecule has 4 rings (SSSR count). The van der Waals surface area contributed by atoms with E-state index in [-0.39, 0.29) is 16.9 Å². The summed E-state index contributed by atoms with van der Waals surface area (Å²) in [6.45, 7) is 11.9. The summed E-state index contributed by atoms with van der Waals surface area (Å²) in [7, 11) is 3.31. The van der Waals surface area contributed by atoms with Gasteiger partial charge in [-0.15, -0.1) is 11.8 Å². The Morgan fingerprint density at radius 1 is 0.947 bits per heavy atom. The van der Waals surface area contributed by atoms with Crippen molar-refractivity contribution in [2.45, 2.75) is 62.3 Å². The van der Waals surface area contributed by atoms with Gasteiger partial charge in [-0.05, 0) is 31.0 Å². The van der Waals surface area contributed by atoms with Crippen LogP contribution in [0.15, 0.2) is 47.4 Å². The molecule has 8 heteroatoms. The summed E-state index contributed by atoms with van der Waals surface area (Å²) in [5.74, 6) is 1.52. The lowest BCUT2D eigenvalue weighted by atomic mass is 10.0. The normalized spacial score (nSPS) is 18.8. The first kappa shape index (κ1) is 28.4. The fourth-order valence-electron chi connectivity index (χ4n) is 5.12. The number of methoxy groups -OCH3 is 2. The van der Waals surface area contributed by atoms with E-state index in [4.69, 9.17) is 14.2 Å². The van der Waals surface area contributed by atoms with Gasteiger partial charge < -0.3 is 24.0 Å². The van der Waals surface area contributed by atoms with Crippen LogP contribution < -0.4 is 14.4 Å². The molecular weight excluding hydrogens is 498 g/mol. The number of piperidine rings is 1. The molecule has 2 saturated heterocycles. The Balaban J connectivity index is 1.30. The van der Waals surface area contributed by atoms with Gasteiger partial charge in [0.05, 0.1) is 14.2 Å². The van der Waals surface area contributed by atoms with Crippen LogP contribution in [0.3, 0.4) is 0 Å². The molecule has 0 bridgehead atoms. The Morgan fingerprint density at radius 3 is 2.29 bits per heavy atom. The minimum absolute atomic E-state index is 0.162. The lowest BCUT2D eigenvalue weighted by Crippen LogP contribution is -2.50. The number of amides is 1. The van der Waals surface area contributed by atoms with Crippen LogP contribution in [0.4, 0.5) is 10.5 Å². The quantitative estimate of drug-likeness (QED) is 0.385. The van der Waals surface area contributed by atoms with Crippen molar-refractivity contribution in [3.63, 3.8) is 0 Å². The summed E-state index contributed by atoms with van der Waals surface area (Å²) >= 11 is 1.92. The van der Waals surface area contributed by atoms with Crippen molar-refractivity contribution < 1.29 is 19.0 Å². The van der Waals surface area contributed by atoms with Gasteiger partial charge in [0.25, 0.3) is 0 Å². The third-order valence-corrected chi connectivity index (χ3v) is 8.38. The zero-order valence-electron chi connectivity index (χ0n) is 23.6. The van der Waals surface area contributed by atoms with Crippen LogP contribution in [0, 0.1) is 0 Å². The number of anilines is 1. The number of hydrogen-bond donors (Lipinski definition) is 0. The molecule has 0 aliphatic carbocycles. The zero-order chi connectivity index (χ0) is 27.1. The van der Waals surface area contributed by atoms with Gasteiger partial charge in [0.2, 0.25) is 0 Å². The Bertz CT molecular complexity index is 1040. The summed E-state index contributed by atoms with van der Waals surface area (Å²) in [5, 5.41) is 0. The van der Waals surface area contributed by atoms with Crippen molar-refractivity contribution in [3.8, 4) is 11.5 Å². The largest absolute Gasteiger partial charge is 0.497 e. The SMILES string of the molecule is COc1cc(OC)cc(N2CCN(C(=O)OCC3CCCCN3Cc3ccccc3SC(C)(C)C)CC2)c1. The summed E-state index contributed by atoms with van der Waals surface area (Å²) < 4.78 is 16.9. The Morgan fingerprint density at radius 2 is 1.63 bits per heavy atom. The van der Waals surface area contributed by atoms with E-state index in [0.717, 1.165) is 49.8 Å². The molecule has 1 atom stereocenters. The third kappa shape index (κ3) is 7.73. The summed E-state index contributed by atoms with van der Waals surface area (Å²) in [6, 6.07) is 14.9. The number of piperazine rings is 1. The molecule has 2 aliphatic heterocycles. The zero-order valence-corrected chi connectivity index (χ0v) is 24.4. The van der Waals surface area contributed by atoms with Crippen molar-refractivity contribution in [1.29, 1.82) is 0 Å². The highest BCUT2D eigenvalue weighted by Gasteiger charge is 2.28. The van der Waals surface area contributed by atoms with E-state index in [1.54, 1.807) is 14.2 Å². The van der Waals surface area contributed by atoms with Crippen LogP contribution in [0.2, 0.25) is 0 Å². The minimum Gasteiger partial charge on any atom is -0.497 e. The van der Waals surface area contributed by atoms with Gasteiger partial charge in [0.1, 0.15) is 18.1 Å². The smallest absolute Gasteiger partial charge is 0.409 e. The predicted octanol–water partition coefficient (Wildman–Crippen LogP) is 5.91. The maximum absolute atomic E-state index is 13.0. The van der Waals surface area contributed by atoms with Gasteiger partial charge in [-0.3, -0.25) is 4.90 Å². The molecule has 1 amide bonds. The highest BCUT2D eigenvalue weighted by Crippen LogP contribution is 2.35. The first-order chi connectivity index (χ1) is 18.3. The van der Waals surface area contributed by atoms with E-state index >= 15 is 0 Å². The standard InChI is InChI=1S/C30H43N3O4S/c1-30(2,3)38-28-12-7-6-10-23(28)21-33-13-9-8-11-24(33)22-37-29(34)32-16-14-31(15-17-32)25-18-26(35-4)20-27(19-25)36-5/h6-7,10,12,18-20,24H,8-9,11,13-17,21-22H2,1-5H3. The van der Waals surface area contributed by atoms with Crippen molar-refractivity contribution in [3.05, 3.63) is 48.0 Å². The molecule has 2 aliphatic rings. The maximum Gasteiger partial charge on any atom is 0.409 e. The van der Waals surface area contributed by atoms with Crippen LogP contribution in [0.5, 0.6) is 11.5 Å². The monoisotopic (exact) mass is 541 g/mol. The molecule has 0 aromatic heterocycles. The van der Waals surface area contributed by atoms with Gasteiger partial charge in [-0.25, -0.2) is 4.79 Å². The van der Waals surface area contributed by atoms with Gasteiger partial charge in [-0.1, -0.05) is 45.4 Å². The highest BCUT2D eigenvalue weighted by atomic mass is 32.2. The fourth-order valence-corrected chi connectivity index (χ4v) is 6.19. The molecule has 2 aromatic carbocycles. The van der Waals surface area contributed by atoms with Gasteiger partial charge >= 0.3 is 6.09 Å². The number of thioether (sulfide) groups is 1. The van der Waals surface area contributed by atoms with E-state index in [1.807, 2.05) is 34.9 Å². The van der Waals surface area contributed by atoms with Crippen molar-refractivity contribution in [2.24, 2.45) is 0 Å². The Kier molecular flexibility index (Phi) is 9.71. The van der Waals surface area contributed by atoms with E-state index in [0.29, 0.717) is 19.7 Å². The van der Waals surface area contributed by atoms with Crippen LogP contribution in [-0.4, -0.2) is 80.2 Å². The number of benzene rings is 2. The first-order valence-corrected chi connectivity index (χ1v) is 14.5. The maximum atomic E-state index is 13.0. The molecule has 208 valence electrons. The molecule has 2 fully saturated rings. The fraction of sp³-hybridized carbons (Fsp3) is 0.567. The summed E-state index contributed by atoms with van der Waals surface area (Å²) in [6.07, 6.45) is 3.23. The number of hydrogen-bond acceptors (Lipinski definition) is 7.